The molecule has 114 valence electrons. The molecule has 1 aliphatic rings. The average molecular weight is 303 g/mol. The molecule has 0 saturated carbocycles. The Balaban J connectivity index is 0.00000200. The van der Waals surface area contributed by atoms with Gasteiger partial charge in [-0.1, -0.05) is 0 Å². The molecule has 2 heterocycles. The molecule has 1 atom stereocenters. The first-order chi connectivity index (χ1) is 9.22. The van der Waals surface area contributed by atoms with E-state index < -0.39 is 5.97 Å². The van der Waals surface area contributed by atoms with Crippen LogP contribution >= 0.6 is 12.4 Å². The number of hydrogen-bond acceptors (Lipinski definition) is 5. The van der Waals surface area contributed by atoms with Crippen LogP contribution in [-0.4, -0.2) is 44.7 Å². The summed E-state index contributed by atoms with van der Waals surface area (Å²) in [5.41, 5.74) is 0. The van der Waals surface area contributed by atoms with Crippen molar-refractivity contribution >= 4 is 18.4 Å². The Kier molecular flexibility index (Phi) is 7.05. The number of ether oxygens (including phenoxy) is 1. The summed E-state index contributed by atoms with van der Waals surface area (Å²) in [6, 6.07) is 3.53. The molecule has 6 heteroatoms. The third-order valence-corrected chi connectivity index (χ3v) is 3.52. The lowest BCUT2D eigenvalue weighted by Gasteiger charge is -2.31. The van der Waals surface area contributed by atoms with Crippen molar-refractivity contribution in [2.45, 2.75) is 19.4 Å². The van der Waals surface area contributed by atoms with Crippen molar-refractivity contribution in [1.82, 2.24) is 10.2 Å². The van der Waals surface area contributed by atoms with Gasteiger partial charge in [-0.05, 0) is 51.0 Å². The van der Waals surface area contributed by atoms with Crippen molar-refractivity contribution in [3.63, 3.8) is 0 Å². The van der Waals surface area contributed by atoms with E-state index in [9.17, 15) is 4.79 Å². The van der Waals surface area contributed by atoms with Crippen molar-refractivity contribution in [2.75, 3.05) is 33.8 Å². The number of likely N-dealkylation sites (tertiary alicyclic amines) is 1. The number of piperidine rings is 1. The second kappa shape index (κ2) is 8.29. The van der Waals surface area contributed by atoms with Crippen LogP contribution < -0.4 is 5.32 Å². The molecule has 0 spiro atoms. The topological polar surface area (TPSA) is 54.7 Å². The summed E-state index contributed by atoms with van der Waals surface area (Å²) < 4.78 is 10.1. The van der Waals surface area contributed by atoms with Gasteiger partial charge in [-0.2, -0.15) is 0 Å². The van der Waals surface area contributed by atoms with Gasteiger partial charge in [-0.15, -0.1) is 12.4 Å². The fourth-order valence-corrected chi connectivity index (χ4v) is 2.64. The van der Waals surface area contributed by atoms with Gasteiger partial charge >= 0.3 is 5.97 Å². The number of carbonyl (C=O) groups excluding carboxylic acids is 1. The number of esters is 1. The summed E-state index contributed by atoms with van der Waals surface area (Å²) in [5.74, 6) is 1.39. The molecule has 1 aromatic heterocycles. The Morgan fingerprint density at radius 3 is 3.05 bits per heavy atom. The van der Waals surface area contributed by atoms with E-state index in [1.54, 1.807) is 6.07 Å². The van der Waals surface area contributed by atoms with Crippen molar-refractivity contribution in [1.29, 1.82) is 0 Å². The quantitative estimate of drug-likeness (QED) is 0.842. The van der Waals surface area contributed by atoms with Gasteiger partial charge in [0.25, 0.3) is 0 Å². The zero-order valence-electron chi connectivity index (χ0n) is 12.1. The smallest absolute Gasteiger partial charge is 0.373 e. The minimum absolute atomic E-state index is 0. The maximum Gasteiger partial charge on any atom is 0.373 e. The third-order valence-electron chi connectivity index (χ3n) is 3.52. The van der Waals surface area contributed by atoms with Crippen LogP contribution in [0.4, 0.5) is 0 Å². The van der Waals surface area contributed by atoms with Gasteiger partial charge in [0, 0.05) is 6.54 Å². The van der Waals surface area contributed by atoms with Crippen molar-refractivity contribution in [2.24, 2.45) is 5.92 Å². The van der Waals surface area contributed by atoms with Crippen LogP contribution in [0, 0.1) is 5.92 Å². The monoisotopic (exact) mass is 302 g/mol. The molecule has 1 N–H and O–H groups in total. The molecule has 0 aliphatic carbocycles. The molecule has 0 aromatic carbocycles. The van der Waals surface area contributed by atoms with Gasteiger partial charge in [-0.3, -0.25) is 4.90 Å². The van der Waals surface area contributed by atoms with E-state index in [1.165, 1.54) is 20.0 Å². The molecule has 0 radical (unpaired) electrons. The summed E-state index contributed by atoms with van der Waals surface area (Å²) in [6.07, 6.45) is 2.50. The maximum absolute atomic E-state index is 11.3. The van der Waals surface area contributed by atoms with E-state index in [0.29, 0.717) is 5.92 Å². The van der Waals surface area contributed by atoms with Crippen molar-refractivity contribution in [3.05, 3.63) is 23.7 Å². The predicted molar refractivity (Wildman–Crippen MR) is 79.2 cm³/mol. The third kappa shape index (κ3) is 4.51. The van der Waals surface area contributed by atoms with E-state index in [-0.39, 0.29) is 18.2 Å². The standard InChI is InChI=1S/C14H22N2O3.ClH/c1-15-8-11-4-3-7-16(9-11)10-12-5-6-13(19-12)14(17)18-2;/h5-6,11,15H,3-4,7-10H2,1-2H3;1H. The molecule has 2 rings (SSSR count). The first-order valence-electron chi connectivity index (χ1n) is 6.77. The highest BCUT2D eigenvalue weighted by molar-refractivity contribution is 5.86. The lowest BCUT2D eigenvalue weighted by molar-refractivity contribution is 0.0560. The zero-order chi connectivity index (χ0) is 13.7. The number of halogens is 1. The van der Waals surface area contributed by atoms with E-state index >= 15 is 0 Å². The lowest BCUT2D eigenvalue weighted by atomic mass is 9.98. The van der Waals surface area contributed by atoms with Crippen molar-refractivity contribution in [3.8, 4) is 0 Å². The van der Waals surface area contributed by atoms with Crippen LogP contribution in [-0.2, 0) is 11.3 Å². The Labute approximate surface area is 126 Å². The summed E-state index contributed by atoms with van der Waals surface area (Å²) in [6.45, 7) is 3.99. The van der Waals surface area contributed by atoms with Crippen LogP contribution in [0.3, 0.4) is 0 Å². The maximum atomic E-state index is 11.3. The highest BCUT2D eigenvalue weighted by Gasteiger charge is 2.20. The molecular formula is C14H23ClN2O3. The predicted octanol–water partition coefficient (Wildman–Crippen LogP) is 1.92. The fourth-order valence-electron chi connectivity index (χ4n) is 2.64. The number of methoxy groups -OCH3 is 1. The summed E-state index contributed by atoms with van der Waals surface area (Å²) in [7, 11) is 3.35. The Morgan fingerprint density at radius 1 is 1.55 bits per heavy atom. The van der Waals surface area contributed by atoms with E-state index in [4.69, 9.17) is 4.42 Å². The summed E-state index contributed by atoms with van der Waals surface area (Å²) in [4.78, 5) is 13.7. The second-order valence-electron chi connectivity index (χ2n) is 5.06. The molecule has 0 bridgehead atoms. The van der Waals surface area contributed by atoms with Crippen LogP contribution in [0.5, 0.6) is 0 Å². The zero-order valence-corrected chi connectivity index (χ0v) is 12.9. The normalized spacial score (nSPS) is 19.4. The first kappa shape index (κ1) is 17.0. The molecule has 1 aromatic rings. The van der Waals surface area contributed by atoms with Gasteiger partial charge in [0.1, 0.15) is 5.76 Å². The highest BCUT2D eigenvalue weighted by atomic mass is 35.5. The van der Waals surface area contributed by atoms with Gasteiger partial charge in [-0.25, -0.2) is 4.79 Å². The fraction of sp³-hybridized carbons (Fsp3) is 0.643. The number of nitrogens with one attached hydrogen (secondary N) is 1. The van der Waals surface area contributed by atoms with Gasteiger partial charge in [0.2, 0.25) is 5.76 Å². The minimum Gasteiger partial charge on any atom is -0.463 e. The number of furan rings is 1. The Morgan fingerprint density at radius 2 is 2.35 bits per heavy atom. The average Bonchev–Trinajstić information content (AvgIpc) is 2.87. The lowest BCUT2D eigenvalue weighted by Crippen LogP contribution is -2.38. The minimum atomic E-state index is -0.419. The molecule has 1 unspecified atom stereocenters. The number of hydrogen-bond donors (Lipinski definition) is 1. The van der Waals surface area contributed by atoms with Crippen LogP contribution in [0.15, 0.2) is 16.5 Å². The second-order valence-corrected chi connectivity index (χ2v) is 5.06. The van der Waals surface area contributed by atoms with Crippen LogP contribution in [0.2, 0.25) is 0 Å². The Bertz CT molecular complexity index is 420. The SMILES string of the molecule is CNCC1CCCN(Cc2ccc(C(=O)OC)o2)C1.Cl. The Hall–Kier alpha value is -1.04. The molecule has 1 aliphatic heterocycles. The van der Waals surface area contributed by atoms with Crippen LogP contribution in [0.1, 0.15) is 29.2 Å². The van der Waals surface area contributed by atoms with Gasteiger partial charge in [0.15, 0.2) is 0 Å². The van der Waals surface area contributed by atoms with E-state index in [2.05, 4.69) is 15.0 Å². The highest BCUT2D eigenvalue weighted by Crippen LogP contribution is 2.19. The number of nitrogens with zero attached hydrogens (tertiary/aromatic N) is 1. The molecule has 1 fully saturated rings. The molecule has 0 amide bonds. The van der Waals surface area contributed by atoms with E-state index in [0.717, 1.165) is 31.9 Å². The number of carbonyl (C=O) groups is 1. The molecule has 1 saturated heterocycles. The largest absolute Gasteiger partial charge is 0.463 e. The first-order valence-corrected chi connectivity index (χ1v) is 6.77. The molecular weight excluding hydrogens is 280 g/mol. The van der Waals surface area contributed by atoms with Gasteiger partial charge in [0.05, 0.1) is 13.7 Å². The van der Waals surface area contributed by atoms with Crippen LogP contribution in [0.25, 0.3) is 0 Å². The van der Waals surface area contributed by atoms with E-state index in [1.807, 2.05) is 13.1 Å². The molecule has 5 nitrogen and oxygen atoms in total. The number of rotatable bonds is 5. The van der Waals surface area contributed by atoms with Gasteiger partial charge < -0.3 is 14.5 Å². The molecule has 20 heavy (non-hydrogen) atoms. The van der Waals surface area contributed by atoms with Crippen molar-refractivity contribution < 1.29 is 13.9 Å². The summed E-state index contributed by atoms with van der Waals surface area (Å²) >= 11 is 0. The summed E-state index contributed by atoms with van der Waals surface area (Å²) in [5, 5.41) is 3.24.